The third-order valence-corrected chi connectivity index (χ3v) is 3.63. The first-order valence-electron chi connectivity index (χ1n) is 5.90. The summed E-state index contributed by atoms with van der Waals surface area (Å²) in [5.41, 5.74) is 4.61. The monoisotopic (exact) mass is 196 g/mol. The highest BCUT2D eigenvalue weighted by molar-refractivity contribution is 5.78. The van der Waals surface area contributed by atoms with E-state index in [4.69, 9.17) is 0 Å². The number of fused-ring (bicyclic) bond motifs is 1. The molecule has 0 aromatic heterocycles. The van der Waals surface area contributed by atoms with Crippen molar-refractivity contribution in [3.05, 3.63) is 53.6 Å². The van der Waals surface area contributed by atoms with E-state index in [1.807, 2.05) is 0 Å². The first-order chi connectivity index (χ1) is 7.45. The molecular formula is C15H16. The molecule has 1 unspecified atom stereocenters. The highest BCUT2D eigenvalue weighted by Gasteiger charge is 2.24. The second-order valence-electron chi connectivity index (χ2n) is 4.53. The third kappa shape index (κ3) is 1.54. The molecule has 0 bridgehead atoms. The summed E-state index contributed by atoms with van der Waals surface area (Å²) in [4.78, 5) is 0. The van der Waals surface area contributed by atoms with Crippen molar-refractivity contribution in [1.82, 2.24) is 0 Å². The van der Waals surface area contributed by atoms with Crippen molar-refractivity contribution in [3.63, 3.8) is 0 Å². The van der Waals surface area contributed by atoms with Gasteiger partial charge in [-0.25, -0.2) is 0 Å². The van der Waals surface area contributed by atoms with Crippen LogP contribution in [0.3, 0.4) is 0 Å². The van der Waals surface area contributed by atoms with Crippen molar-refractivity contribution in [2.75, 3.05) is 0 Å². The molecule has 0 amide bonds. The van der Waals surface area contributed by atoms with Crippen molar-refractivity contribution in [1.29, 1.82) is 0 Å². The number of hydrogen-bond donors (Lipinski definition) is 0. The van der Waals surface area contributed by atoms with Crippen LogP contribution >= 0.6 is 0 Å². The predicted octanol–water partition coefficient (Wildman–Crippen LogP) is 4.20. The molecule has 0 saturated heterocycles. The van der Waals surface area contributed by atoms with E-state index in [9.17, 15) is 0 Å². The lowest BCUT2D eigenvalue weighted by Crippen LogP contribution is -2.02. The Bertz CT molecular complexity index is 409. The molecule has 1 saturated carbocycles. The molecule has 0 nitrogen and oxygen atoms in total. The standard InChI is InChI=1S/C15H16/c1-2-6-12(7-3-1)14-10-4-8-13-9-5-11-15(13)14/h1-4,6-7,10,13H,5,8-9,11H2. The van der Waals surface area contributed by atoms with E-state index in [0.717, 1.165) is 5.92 Å². The molecule has 0 aliphatic heterocycles. The van der Waals surface area contributed by atoms with Gasteiger partial charge in [0.05, 0.1) is 0 Å². The number of allylic oxidation sites excluding steroid dienone is 4. The van der Waals surface area contributed by atoms with E-state index in [-0.39, 0.29) is 0 Å². The Kier molecular flexibility index (Phi) is 2.21. The summed E-state index contributed by atoms with van der Waals surface area (Å²) in [5.74, 6) is 0.852. The quantitative estimate of drug-likeness (QED) is 0.631. The van der Waals surface area contributed by atoms with Gasteiger partial charge in [-0.05, 0) is 42.7 Å². The summed E-state index contributed by atoms with van der Waals surface area (Å²) in [6.45, 7) is 0. The first-order valence-corrected chi connectivity index (χ1v) is 5.90. The third-order valence-electron chi connectivity index (χ3n) is 3.63. The van der Waals surface area contributed by atoms with Gasteiger partial charge < -0.3 is 0 Å². The molecule has 2 aliphatic rings. The van der Waals surface area contributed by atoms with E-state index in [1.54, 1.807) is 5.57 Å². The van der Waals surface area contributed by atoms with Crippen molar-refractivity contribution in [2.24, 2.45) is 5.92 Å². The van der Waals surface area contributed by atoms with Gasteiger partial charge >= 0.3 is 0 Å². The van der Waals surface area contributed by atoms with Crippen LogP contribution in [0.25, 0.3) is 5.57 Å². The highest BCUT2D eigenvalue weighted by Crippen LogP contribution is 2.41. The summed E-state index contributed by atoms with van der Waals surface area (Å²) in [6, 6.07) is 10.8. The molecule has 0 N–H and O–H groups in total. The molecule has 1 aromatic carbocycles. The zero-order chi connectivity index (χ0) is 10.1. The number of hydrogen-bond acceptors (Lipinski definition) is 0. The fourth-order valence-electron chi connectivity index (χ4n) is 2.89. The maximum atomic E-state index is 2.35. The Balaban J connectivity index is 2.07. The van der Waals surface area contributed by atoms with Crippen LogP contribution in [0.4, 0.5) is 0 Å². The summed E-state index contributed by atoms with van der Waals surface area (Å²) >= 11 is 0. The van der Waals surface area contributed by atoms with Gasteiger partial charge in [-0.1, -0.05) is 48.1 Å². The summed E-state index contributed by atoms with van der Waals surface area (Å²) in [6.07, 6.45) is 10.0. The lowest BCUT2D eigenvalue weighted by Gasteiger charge is -2.18. The molecule has 76 valence electrons. The second-order valence-corrected chi connectivity index (χ2v) is 4.53. The fraction of sp³-hybridized carbons (Fsp3) is 0.333. The molecule has 0 heteroatoms. The van der Waals surface area contributed by atoms with Gasteiger partial charge in [-0.3, -0.25) is 0 Å². The lowest BCUT2D eigenvalue weighted by molar-refractivity contribution is 0.635. The van der Waals surface area contributed by atoms with E-state index in [2.05, 4.69) is 42.5 Å². The fourth-order valence-corrected chi connectivity index (χ4v) is 2.89. The van der Waals surface area contributed by atoms with E-state index in [1.165, 1.54) is 36.8 Å². The Hall–Kier alpha value is -1.30. The Morgan fingerprint density at radius 3 is 2.80 bits per heavy atom. The highest BCUT2D eigenvalue weighted by atomic mass is 14.3. The van der Waals surface area contributed by atoms with Crippen molar-refractivity contribution >= 4 is 5.57 Å². The maximum absolute atomic E-state index is 2.35. The van der Waals surface area contributed by atoms with Crippen LogP contribution < -0.4 is 0 Å². The van der Waals surface area contributed by atoms with Crippen LogP contribution in [0.1, 0.15) is 31.2 Å². The van der Waals surface area contributed by atoms with Gasteiger partial charge in [-0.15, -0.1) is 0 Å². The Morgan fingerprint density at radius 2 is 1.93 bits per heavy atom. The smallest absolute Gasteiger partial charge is 0.0159 e. The van der Waals surface area contributed by atoms with Crippen molar-refractivity contribution in [2.45, 2.75) is 25.7 Å². The Morgan fingerprint density at radius 1 is 1.07 bits per heavy atom. The topological polar surface area (TPSA) is 0 Å². The van der Waals surface area contributed by atoms with Gasteiger partial charge in [0.1, 0.15) is 0 Å². The molecule has 0 radical (unpaired) electrons. The molecule has 15 heavy (non-hydrogen) atoms. The summed E-state index contributed by atoms with van der Waals surface area (Å²) in [5, 5.41) is 0. The summed E-state index contributed by atoms with van der Waals surface area (Å²) < 4.78 is 0. The summed E-state index contributed by atoms with van der Waals surface area (Å²) in [7, 11) is 0. The molecule has 2 aliphatic carbocycles. The molecule has 0 heterocycles. The minimum Gasteiger partial charge on any atom is -0.0833 e. The Labute approximate surface area is 91.3 Å². The zero-order valence-electron chi connectivity index (χ0n) is 8.95. The average molecular weight is 196 g/mol. The predicted molar refractivity (Wildman–Crippen MR) is 64.5 cm³/mol. The van der Waals surface area contributed by atoms with Crippen molar-refractivity contribution < 1.29 is 0 Å². The number of rotatable bonds is 1. The largest absolute Gasteiger partial charge is 0.0833 e. The van der Waals surface area contributed by atoms with Gasteiger partial charge in [-0.2, -0.15) is 0 Å². The minimum atomic E-state index is 0.852. The second kappa shape index (κ2) is 3.69. The van der Waals surface area contributed by atoms with Gasteiger partial charge in [0.15, 0.2) is 0 Å². The van der Waals surface area contributed by atoms with Crippen LogP contribution in [-0.4, -0.2) is 0 Å². The van der Waals surface area contributed by atoms with E-state index >= 15 is 0 Å². The maximum Gasteiger partial charge on any atom is -0.0159 e. The van der Waals surface area contributed by atoms with Crippen LogP contribution in [-0.2, 0) is 0 Å². The normalized spacial score (nSPS) is 24.4. The SMILES string of the molecule is C1=CC(c2ccccc2)=C2CCCC2C1. The zero-order valence-corrected chi connectivity index (χ0v) is 8.95. The van der Waals surface area contributed by atoms with Gasteiger partial charge in [0, 0.05) is 0 Å². The molecule has 1 atom stereocenters. The van der Waals surface area contributed by atoms with Crippen LogP contribution in [0.15, 0.2) is 48.1 Å². The van der Waals surface area contributed by atoms with E-state index in [0.29, 0.717) is 0 Å². The molecule has 1 aromatic rings. The van der Waals surface area contributed by atoms with Gasteiger partial charge in [0.25, 0.3) is 0 Å². The molecule has 3 rings (SSSR count). The van der Waals surface area contributed by atoms with Crippen LogP contribution in [0.2, 0.25) is 0 Å². The average Bonchev–Trinajstić information content (AvgIpc) is 2.78. The van der Waals surface area contributed by atoms with Crippen LogP contribution in [0, 0.1) is 5.92 Å². The first kappa shape index (κ1) is 8.96. The van der Waals surface area contributed by atoms with Crippen LogP contribution in [0.5, 0.6) is 0 Å². The van der Waals surface area contributed by atoms with E-state index < -0.39 is 0 Å². The molecule has 1 fully saturated rings. The number of benzene rings is 1. The van der Waals surface area contributed by atoms with Crippen molar-refractivity contribution in [3.8, 4) is 0 Å². The molecular weight excluding hydrogens is 180 g/mol. The minimum absolute atomic E-state index is 0.852. The lowest BCUT2D eigenvalue weighted by atomic mass is 9.86. The molecule has 0 spiro atoms. The van der Waals surface area contributed by atoms with Gasteiger partial charge in [0.2, 0.25) is 0 Å².